The van der Waals surface area contributed by atoms with E-state index in [1.54, 1.807) is 10.9 Å². The number of aromatic nitrogens is 2. The van der Waals surface area contributed by atoms with Crippen LogP contribution in [0.25, 0.3) is 0 Å². The highest BCUT2D eigenvalue weighted by Crippen LogP contribution is 2.27. The minimum atomic E-state index is 0.0981. The summed E-state index contributed by atoms with van der Waals surface area (Å²) in [6.07, 6.45) is 5.10. The number of hydrogen-bond acceptors (Lipinski definition) is 2. The zero-order chi connectivity index (χ0) is 13.3. The zero-order valence-corrected chi connectivity index (χ0v) is 12.8. The maximum absolute atomic E-state index is 12.7. The molecule has 2 rings (SSSR count). The lowest BCUT2D eigenvalue weighted by molar-refractivity contribution is 0.0497. The number of carbonyl (C=O) groups excluding carboxylic acids is 1. The first kappa shape index (κ1) is 13.6. The molecule has 2 heterocycles. The Morgan fingerprint density at radius 3 is 2.61 bits per heavy atom. The second-order valence-electron chi connectivity index (χ2n) is 5.00. The number of amides is 1. The summed E-state index contributed by atoms with van der Waals surface area (Å²) in [5.41, 5.74) is 0.679. The first-order valence-corrected chi connectivity index (χ1v) is 7.39. The molecule has 5 heteroatoms. The molecule has 1 amide bonds. The third-order valence-electron chi connectivity index (χ3n) is 3.72. The summed E-state index contributed by atoms with van der Waals surface area (Å²) < 4.78 is 2.56. The number of likely N-dealkylation sites (tertiary alicyclic amines) is 1. The third kappa shape index (κ3) is 2.32. The van der Waals surface area contributed by atoms with Gasteiger partial charge < -0.3 is 4.90 Å². The molecule has 0 aliphatic carbocycles. The summed E-state index contributed by atoms with van der Waals surface area (Å²) in [5.74, 6) is 0.0981. The van der Waals surface area contributed by atoms with Gasteiger partial charge in [0.2, 0.25) is 0 Å². The van der Waals surface area contributed by atoms with Crippen LogP contribution >= 0.6 is 15.9 Å². The van der Waals surface area contributed by atoms with Crippen LogP contribution in [0.15, 0.2) is 10.7 Å². The summed E-state index contributed by atoms with van der Waals surface area (Å²) in [7, 11) is 0. The lowest BCUT2D eigenvalue weighted by atomic mass is 9.97. The smallest absolute Gasteiger partial charge is 0.273 e. The molecule has 0 aromatic carbocycles. The molecule has 1 aliphatic heterocycles. The Bertz CT molecular complexity index is 433. The number of carbonyl (C=O) groups is 1. The highest BCUT2D eigenvalue weighted by Gasteiger charge is 2.32. The van der Waals surface area contributed by atoms with Gasteiger partial charge in [-0.15, -0.1) is 0 Å². The summed E-state index contributed by atoms with van der Waals surface area (Å²) >= 11 is 3.43. The molecule has 0 unspecified atom stereocenters. The topological polar surface area (TPSA) is 38.1 Å². The van der Waals surface area contributed by atoms with Crippen molar-refractivity contribution in [2.45, 2.75) is 58.7 Å². The average molecular weight is 314 g/mol. The molecule has 18 heavy (non-hydrogen) atoms. The molecule has 0 radical (unpaired) electrons. The van der Waals surface area contributed by atoms with Gasteiger partial charge in [-0.25, -0.2) is 0 Å². The Labute approximate surface area is 116 Å². The van der Waals surface area contributed by atoms with Crippen molar-refractivity contribution in [2.24, 2.45) is 0 Å². The van der Waals surface area contributed by atoms with Crippen molar-refractivity contribution in [3.05, 3.63) is 16.4 Å². The van der Waals surface area contributed by atoms with E-state index in [9.17, 15) is 4.79 Å². The van der Waals surface area contributed by atoms with Gasteiger partial charge in [0, 0.05) is 18.6 Å². The number of aryl methyl sites for hydroxylation is 1. The van der Waals surface area contributed by atoms with Crippen LogP contribution in [0.5, 0.6) is 0 Å². The fourth-order valence-electron chi connectivity index (χ4n) is 2.76. The quantitative estimate of drug-likeness (QED) is 0.841. The van der Waals surface area contributed by atoms with Crippen molar-refractivity contribution in [1.82, 2.24) is 14.7 Å². The third-order valence-corrected chi connectivity index (χ3v) is 4.31. The van der Waals surface area contributed by atoms with Crippen LogP contribution in [0, 0.1) is 0 Å². The van der Waals surface area contributed by atoms with Crippen LogP contribution in [0.3, 0.4) is 0 Å². The minimum absolute atomic E-state index is 0.0981. The van der Waals surface area contributed by atoms with E-state index in [0.29, 0.717) is 24.3 Å². The molecule has 0 spiro atoms. The van der Waals surface area contributed by atoms with Gasteiger partial charge in [0.05, 0.1) is 10.7 Å². The van der Waals surface area contributed by atoms with E-state index in [1.165, 1.54) is 6.42 Å². The van der Waals surface area contributed by atoms with Gasteiger partial charge in [-0.2, -0.15) is 5.10 Å². The van der Waals surface area contributed by atoms with Crippen LogP contribution in [0.2, 0.25) is 0 Å². The van der Waals surface area contributed by atoms with E-state index >= 15 is 0 Å². The molecule has 1 aromatic heterocycles. The Kier molecular flexibility index (Phi) is 4.10. The maximum Gasteiger partial charge on any atom is 0.273 e. The second-order valence-corrected chi connectivity index (χ2v) is 5.85. The maximum atomic E-state index is 12.7. The van der Waals surface area contributed by atoms with Gasteiger partial charge in [0.25, 0.3) is 5.91 Å². The lowest BCUT2D eigenvalue weighted by Crippen LogP contribution is -2.48. The molecular formula is C13H20BrN3O. The van der Waals surface area contributed by atoms with E-state index in [2.05, 4.69) is 34.9 Å². The van der Waals surface area contributed by atoms with Crippen LogP contribution in [-0.2, 0) is 6.54 Å². The normalized spacial score (nSPS) is 24.3. The van der Waals surface area contributed by atoms with Crippen LogP contribution in [0.4, 0.5) is 0 Å². The monoisotopic (exact) mass is 313 g/mol. The van der Waals surface area contributed by atoms with Crippen molar-refractivity contribution in [3.63, 3.8) is 0 Å². The highest BCUT2D eigenvalue weighted by molar-refractivity contribution is 9.10. The van der Waals surface area contributed by atoms with Crippen molar-refractivity contribution >= 4 is 21.8 Å². The summed E-state index contributed by atoms with van der Waals surface area (Å²) in [5, 5.41) is 4.22. The largest absolute Gasteiger partial charge is 0.332 e. The predicted octanol–water partition coefficient (Wildman–Crippen LogP) is 3.07. The summed E-state index contributed by atoms with van der Waals surface area (Å²) in [6, 6.07) is 0.627. The lowest BCUT2D eigenvalue weighted by Gasteiger charge is -2.39. The number of hydrogen-bond donors (Lipinski definition) is 0. The molecular weight excluding hydrogens is 294 g/mol. The summed E-state index contributed by atoms with van der Waals surface area (Å²) in [4.78, 5) is 14.7. The molecule has 0 saturated carbocycles. The second kappa shape index (κ2) is 5.43. The molecule has 1 saturated heterocycles. The van der Waals surface area contributed by atoms with Gasteiger partial charge in [-0.1, -0.05) is 0 Å². The Balaban J connectivity index is 2.32. The van der Waals surface area contributed by atoms with E-state index < -0.39 is 0 Å². The number of halogens is 1. The van der Waals surface area contributed by atoms with Crippen molar-refractivity contribution in [2.75, 3.05) is 0 Å². The predicted molar refractivity (Wildman–Crippen MR) is 74.5 cm³/mol. The summed E-state index contributed by atoms with van der Waals surface area (Å²) in [6.45, 7) is 6.98. The van der Waals surface area contributed by atoms with Gasteiger partial charge in [-0.05, 0) is 56.0 Å². The zero-order valence-electron chi connectivity index (χ0n) is 11.2. The van der Waals surface area contributed by atoms with E-state index in [1.807, 2.05) is 11.8 Å². The van der Waals surface area contributed by atoms with Gasteiger partial charge in [-0.3, -0.25) is 9.48 Å². The standard InChI is InChI=1S/C13H20BrN3O/c1-4-16-12(11(14)8-15-16)13(18)17-9(2)6-5-7-10(17)3/h8-10H,4-7H2,1-3H3/t9-,10-/m0/s1. The number of rotatable bonds is 2. The van der Waals surface area contributed by atoms with Crippen molar-refractivity contribution < 1.29 is 4.79 Å². The fourth-order valence-corrected chi connectivity index (χ4v) is 3.22. The molecule has 100 valence electrons. The Hall–Kier alpha value is -0.840. The van der Waals surface area contributed by atoms with Gasteiger partial charge in [0.1, 0.15) is 5.69 Å². The highest BCUT2D eigenvalue weighted by atomic mass is 79.9. The molecule has 1 fully saturated rings. The van der Waals surface area contributed by atoms with Crippen LogP contribution in [0.1, 0.15) is 50.5 Å². The molecule has 0 N–H and O–H groups in total. The molecule has 2 atom stereocenters. The molecule has 1 aliphatic rings. The van der Waals surface area contributed by atoms with E-state index in [4.69, 9.17) is 0 Å². The average Bonchev–Trinajstić information content (AvgIpc) is 2.70. The van der Waals surface area contributed by atoms with Gasteiger partial charge in [0.15, 0.2) is 0 Å². The van der Waals surface area contributed by atoms with Gasteiger partial charge >= 0.3 is 0 Å². The van der Waals surface area contributed by atoms with Crippen molar-refractivity contribution in [3.8, 4) is 0 Å². The first-order chi connectivity index (χ1) is 8.56. The van der Waals surface area contributed by atoms with Crippen LogP contribution < -0.4 is 0 Å². The Morgan fingerprint density at radius 2 is 2.06 bits per heavy atom. The molecule has 1 aromatic rings. The fraction of sp³-hybridized carbons (Fsp3) is 0.692. The van der Waals surface area contributed by atoms with Crippen LogP contribution in [-0.4, -0.2) is 32.7 Å². The molecule has 0 bridgehead atoms. The first-order valence-electron chi connectivity index (χ1n) is 6.60. The molecule has 4 nitrogen and oxygen atoms in total. The van der Waals surface area contributed by atoms with E-state index in [0.717, 1.165) is 17.3 Å². The number of nitrogens with zero attached hydrogens (tertiary/aromatic N) is 3. The SMILES string of the molecule is CCn1ncc(Br)c1C(=O)N1[C@@H](C)CCC[C@@H]1C. The minimum Gasteiger partial charge on any atom is -0.332 e. The van der Waals surface area contributed by atoms with Crippen molar-refractivity contribution in [1.29, 1.82) is 0 Å². The number of piperidine rings is 1. The van der Waals surface area contributed by atoms with E-state index in [-0.39, 0.29) is 5.91 Å². The Morgan fingerprint density at radius 1 is 1.44 bits per heavy atom.